The molecule has 0 bridgehead atoms. The molecule has 0 radical (unpaired) electrons. The molecule has 6 nitrogen and oxygen atoms in total. The summed E-state index contributed by atoms with van der Waals surface area (Å²) >= 11 is 0. The van der Waals surface area contributed by atoms with Crippen molar-refractivity contribution in [2.75, 3.05) is 23.3 Å². The molecule has 1 saturated heterocycles. The zero-order valence-electron chi connectivity index (χ0n) is 15.4. The highest BCUT2D eigenvalue weighted by Gasteiger charge is 2.19. The third kappa shape index (κ3) is 6.24. The number of hydrogen-bond donors (Lipinski definition) is 2. The van der Waals surface area contributed by atoms with Crippen LogP contribution in [-0.4, -0.2) is 29.1 Å². The van der Waals surface area contributed by atoms with Crippen molar-refractivity contribution >= 4 is 42.3 Å². The molecule has 1 fully saturated rings. The number of benzene rings is 1. The van der Waals surface area contributed by atoms with E-state index in [0.29, 0.717) is 11.5 Å². The molecule has 2 aromatic rings. The summed E-state index contributed by atoms with van der Waals surface area (Å²) in [5, 5.41) is 12.3. The molecule has 0 aliphatic carbocycles. The average Bonchev–Trinajstić information content (AvgIpc) is 2.62. The van der Waals surface area contributed by atoms with Gasteiger partial charge in [0.05, 0.1) is 11.6 Å². The van der Waals surface area contributed by atoms with Crippen LogP contribution in [0.5, 0.6) is 0 Å². The second-order valence-corrected chi connectivity index (χ2v) is 6.46. The summed E-state index contributed by atoms with van der Waals surface area (Å²) in [5.41, 5.74) is 8.56. The van der Waals surface area contributed by atoms with Gasteiger partial charge in [-0.2, -0.15) is 10.2 Å². The van der Waals surface area contributed by atoms with Gasteiger partial charge >= 0.3 is 0 Å². The number of rotatable bonds is 5. The molecule has 0 amide bonds. The molecule has 0 spiro atoms. The van der Waals surface area contributed by atoms with E-state index < -0.39 is 0 Å². The SMILES string of the molecule is CCCc1cc(N2CCCC(N)C2)nc(Nc2cccc(C#N)c2)n1.Cl.Cl. The number of hydrogen-bond acceptors (Lipinski definition) is 6. The topological polar surface area (TPSA) is 90.9 Å². The molecule has 146 valence electrons. The fraction of sp³-hybridized carbons (Fsp3) is 0.421. The van der Waals surface area contributed by atoms with Crippen LogP contribution >= 0.6 is 24.8 Å². The fourth-order valence-corrected chi connectivity index (χ4v) is 3.10. The highest BCUT2D eigenvalue weighted by molar-refractivity contribution is 5.85. The minimum absolute atomic E-state index is 0. The average molecular weight is 409 g/mol. The van der Waals surface area contributed by atoms with E-state index in [4.69, 9.17) is 11.0 Å². The summed E-state index contributed by atoms with van der Waals surface area (Å²) in [5.74, 6) is 1.49. The van der Waals surface area contributed by atoms with Gasteiger partial charge in [-0.25, -0.2) is 4.98 Å². The first-order valence-corrected chi connectivity index (χ1v) is 8.83. The predicted molar refractivity (Wildman–Crippen MR) is 114 cm³/mol. The number of nitriles is 1. The Balaban J connectivity index is 0.00000182. The smallest absolute Gasteiger partial charge is 0.229 e. The van der Waals surface area contributed by atoms with E-state index in [1.54, 1.807) is 12.1 Å². The van der Waals surface area contributed by atoms with Crippen LogP contribution < -0.4 is 16.0 Å². The number of halogens is 2. The summed E-state index contributed by atoms with van der Waals surface area (Å²) in [4.78, 5) is 11.6. The number of anilines is 3. The molecule has 3 rings (SSSR count). The van der Waals surface area contributed by atoms with Crippen molar-refractivity contribution in [2.24, 2.45) is 5.73 Å². The summed E-state index contributed by atoms with van der Waals surface area (Å²) < 4.78 is 0. The Kier molecular flexibility index (Phi) is 9.30. The van der Waals surface area contributed by atoms with E-state index >= 15 is 0 Å². The van der Waals surface area contributed by atoms with Crippen LogP contribution in [0.3, 0.4) is 0 Å². The lowest BCUT2D eigenvalue weighted by atomic mass is 10.1. The normalized spacial score (nSPS) is 15.9. The van der Waals surface area contributed by atoms with Crippen molar-refractivity contribution < 1.29 is 0 Å². The maximum Gasteiger partial charge on any atom is 0.229 e. The standard InChI is InChI=1S/C19H24N6.2ClH/c1-2-5-16-11-18(25-9-4-7-15(21)13-25)24-19(22-16)23-17-8-3-6-14(10-17)12-20;;/h3,6,8,10-11,15H,2,4-5,7,9,13,21H2,1H3,(H,22,23,24);2*1H. The maximum absolute atomic E-state index is 9.05. The van der Waals surface area contributed by atoms with E-state index in [1.165, 1.54) is 0 Å². The Morgan fingerprint density at radius 2 is 2.11 bits per heavy atom. The molecule has 1 aliphatic heterocycles. The second kappa shape index (κ2) is 10.9. The summed E-state index contributed by atoms with van der Waals surface area (Å²) in [7, 11) is 0. The third-order valence-electron chi connectivity index (χ3n) is 4.30. The predicted octanol–water partition coefficient (Wildman–Crippen LogP) is 3.82. The van der Waals surface area contributed by atoms with Crippen molar-refractivity contribution in [3.8, 4) is 6.07 Å². The Hall–Kier alpha value is -2.07. The molecular formula is C19H26Cl2N6. The largest absolute Gasteiger partial charge is 0.355 e. The maximum atomic E-state index is 9.05. The number of nitrogens with zero attached hydrogens (tertiary/aromatic N) is 4. The first-order valence-electron chi connectivity index (χ1n) is 8.83. The van der Waals surface area contributed by atoms with Crippen LogP contribution in [0.25, 0.3) is 0 Å². The van der Waals surface area contributed by atoms with Crippen LogP contribution in [0, 0.1) is 11.3 Å². The molecule has 1 aromatic carbocycles. The van der Waals surface area contributed by atoms with Crippen molar-refractivity contribution in [3.63, 3.8) is 0 Å². The number of nitrogens with one attached hydrogen (secondary N) is 1. The molecule has 3 N–H and O–H groups in total. The molecule has 0 saturated carbocycles. The number of aromatic nitrogens is 2. The Morgan fingerprint density at radius 1 is 1.30 bits per heavy atom. The first-order chi connectivity index (χ1) is 12.2. The van der Waals surface area contributed by atoms with E-state index in [-0.39, 0.29) is 30.9 Å². The highest BCUT2D eigenvalue weighted by atomic mass is 35.5. The lowest BCUT2D eigenvalue weighted by Gasteiger charge is -2.32. The first kappa shape index (κ1) is 23.0. The third-order valence-corrected chi connectivity index (χ3v) is 4.30. The number of aryl methyl sites for hydroxylation is 1. The lowest BCUT2D eigenvalue weighted by Crippen LogP contribution is -2.43. The van der Waals surface area contributed by atoms with Crippen molar-refractivity contribution in [1.29, 1.82) is 5.26 Å². The molecule has 1 aromatic heterocycles. The minimum Gasteiger partial charge on any atom is -0.355 e. The van der Waals surface area contributed by atoms with Gasteiger partial charge in [-0.05, 0) is 37.5 Å². The van der Waals surface area contributed by atoms with Gasteiger partial charge in [0, 0.05) is 36.6 Å². The highest BCUT2D eigenvalue weighted by Crippen LogP contribution is 2.22. The molecule has 1 atom stereocenters. The zero-order valence-corrected chi connectivity index (χ0v) is 17.0. The summed E-state index contributed by atoms with van der Waals surface area (Å²) in [6.07, 6.45) is 4.08. The van der Waals surface area contributed by atoms with Gasteiger partial charge < -0.3 is 16.0 Å². The molecular weight excluding hydrogens is 383 g/mol. The quantitative estimate of drug-likeness (QED) is 0.780. The van der Waals surface area contributed by atoms with E-state index in [1.807, 2.05) is 12.1 Å². The molecule has 27 heavy (non-hydrogen) atoms. The summed E-state index contributed by atoms with van der Waals surface area (Å²) in [6, 6.07) is 11.7. The lowest BCUT2D eigenvalue weighted by molar-refractivity contribution is 0.503. The number of nitrogens with two attached hydrogens (primary N) is 1. The van der Waals surface area contributed by atoms with E-state index in [0.717, 1.165) is 56.0 Å². The molecule has 8 heteroatoms. The Morgan fingerprint density at radius 3 is 2.81 bits per heavy atom. The van der Waals surface area contributed by atoms with Gasteiger partial charge in [-0.1, -0.05) is 19.4 Å². The zero-order chi connectivity index (χ0) is 17.6. The molecule has 2 heterocycles. The fourth-order valence-electron chi connectivity index (χ4n) is 3.10. The van der Waals surface area contributed by atoms with E-state index in [2.05, 4.69) is 39.2 Å². The summed E-state index contributed by atoms with van der Waals surface area (Å²) in [6.45, 7) is 3.94. The van der Waals surface area contributed by atoms with Crippen molar-refractivity contribution in [1.82, 2.24) is 9.97 Å². The molecule has 1 unspecified atom stereocenters. The van der Waals surface area contributed by atoms with Gasteiger partial charge in [-0.15, -0.1) is 24.8 Å². The van der Waals surface area contributed by atoms with Gasteiger partial charge in [-0.3, -0.25) is 0 Å². The van der Waals surface area contributed by atoms with Crippen molar-refractivity contribution in [3.05, 3.63) is 41.6 Å². The van der Waals surface area contributed by atoms with Gasteiger partial charge in [0.1, 0.15) is 5.82 Å². The molecule has 1 aliphatic rings. The van der Waals surface area contributed by atoms with Crippen molar-refractivity contribution in [2.45, 2.75) is 38.6 Å². The monoisotopic (exact) mass is 408 g/mol. The van der Waals surface area contributed by atoms with Crippen LogP contribution in [0.4, 0.5) is 17.5 Å². The van der Waals surface area contributed by atoms with Gasteiger partial charge in [0.2, 0.25) is 5.95 Å². The second-order valence-electron chi connectivity index (χ2n) is 6.46. The Labute approximate surface area is 173 Å². The van der Waals surface area contributed by atoms with E-state index in [9.17, 15) is 0 Å². The van der Waals surface area contributed by atoms with Crippen LogP contribution in [0.2, 0.25) is 0 Å². The van der Waals surface area contributed by atoms with Gasteiger partial charge in [0.15, 0.2) is 0 Å². The van der Waals surface area contributed by atoms with Crippen LogP contribution in [-0.2, 0) is 6.42 Å². The number of piperidine rings is 1. The van der Waals surface area contributed by atoms with Gasteiger partial charge in [0.25, 0.3) is 0 Å². The minimum atomic E-state index is 0. The van der Waals surface area contributed by atoms with Crippen LogP contribution in [0.1, 0.15) is 37.4 Å². The van der Waals surface area contributed by atoms with Crippen LogP contribution in [0.15, 0.2) is 30.3 Å². The Bertz CT molecular complexity index is 777.